The van der Waals surface area contributed by atoms with E-state index < -0.39 is 0 Å². The summed E-state index contributed by atoms with van der Waals surface area (Å²) in [5, 5.41) is 7.72. The molecule has 2 saturated heterocycles. The predicted octanol–water partition coefficient (Wildman–Crippen LogP) is 2.56. The highest BCUT2D eigenvalue weighted by Crippen LogP contribution is 2.39. The van der Waals surface area contributed by atoms with E-state index in [0.717, 1.165) is 38.3 Å². The number of nitrogens with zero attached hydrogens (tertiary/aromatic N) is 3. The molecule has 1 aromatic rings. The number of hydrogen-bond donors (Lipinski definition) is 1. The average Bonchev–Trinajstić information content (AvgIpc) is 3.05. The molecule has 3 heterocycles. The van der Waals surface area contributed by atoms with E-state index in [-0.39, 0.29) is 16.7 Å². The van der Waals surface area contributed by atoms with Gasteiger partial charge in [0.25, 0.3) is 0 Å². The Morgan fingerprint density at radius 1 is 1.31 bits per heavy atom. The van der Waals surface area contributed by atoms with Crippen molar-refractivity contribution in [1.29, 1.82) is 0 Å². The number of piperidine rings is 2. The second kappa shape index (κ2) is 7.69. The molecule has 0 unspecified atom stereocenters. The molecule has 3 rings (SSSR count). The lowest BCUT2D eigenvalue weighted by Crippen LogP contribution is -2.54. The van der Waals surface area contributed by atoms with Gasteiger partial charge >= 0.3 is 0 Å². The number of rotatable bonds is 5. The maximum Gasteiger partial charge on any atom is 0.222 e. The molecule has 1 aromatic heterocycles. The lowest BCUT2D eigenvalue weighted by Gasteiger charge is -2.48. The predicted molar refractivity (Wildman–Crippen MR) is 102 cm³/mol. The number of carbonyl (C=O) groups is 1. The van der Waals surface area contributed by atoms with Crippen LogP contribution >= 0.6 is 0 Å². The highest BCUT2D eigenvalue weighted by atomic mass is 16.5. The van der Waals surface area contributed by atoms with Gasteiger partial charge in [0.05, 0.1) is 12.3 Å². The highest BCUT2D eigenvalue weighted by molar-refractivity contribution is 5.77. The Balaban J connectivity index is 1.63. The van der Waals surface area contributed by atoms with Gasteiger partial charge in [-0.2, -0.15) is 5.10 Å². The zero-order chi connectivity index (χ0) is 18.8. The number of H-pyrrole nitrogens is 1. The summed E-state index contributed by atoms with van der Waals surface area (Å²) in [5.41, 5.74) is 2.62. The molecule has 2 aliphatic rings. The number of nitrogens with one attached hydrogen (secondary N) is 1. The fraction of sp³-hybridized carbons (Fsp3) is 0.800. The molecule has 0 aromatic carbocycles. The lowest BCUT2D eigenvalue weighted by atomic mass is 9.73. The van der Waals surface area contributed by atoms with Crippen LogP contribution in [0.15, 0.2) is 6.07 Å². The third-order valence-electron chi connectivity index (χ3n) is 5.85. The van der Waals surface area contributed by atoms with Gasteiger partial charge in [0.15, 0.2) is 0 Å². The quantitative estimate of drug-likeness (QED) is 0.874. The molecule has 26 heavy (non-hydrogen) atoms. The van der Waals surface area contributed by atoms with E-state index in [1.54, 1.807) is 7.11 Å². The number of amides is 1. The van der Waals surface area contributed by atoms with Crippen LogP contribution in [-0.4, -0.2) is 65.8 Å². The van der Waals surface area contributed by atoms with Gasteiger partial charge in [-0.1, -0.05) is 20.8 Å². The van der Waals surface area contributed by atoms with Crippen LogP contribution in [0.4, 0.5) is 0 Å². The standard InChI is InChI=1S/C20H34N4O2/c1-19(2,3)17-12-16(21-22-17)13-23-9-5-7-20(14-23)8-6-18(25)24(15-20)10-11-26-4/h12H,5-11,13-15H2,1-4H3,(H,21,22)/t20-/m1/s1. The van der Waals surface area contributed by atoms with Crippen LogP contribution in [-0.2, 0) is 21.5 Å². The van der Waals surface area contributed by atoms with E-state index in [9.17, 15) is 4.79 Å². The molecule has 2 aliphatic heterocycles. The van der Waals surface area contributed by atoms with Crippen molar-refractivity contribution in [1.82, 2.24) is 20.0 Å². The van der Waals surface area contributed by atoms with Crippen LogP contribution in [0.1, 0.15) is 57.8 Å². The average molecular weight is 363 g/mol. The zero-order valence-corrected chi connectivity index (χ0v) is 16.8. The molecule has 6 heteroatoms. The summed E-state index contributed by atoms with van der Waals surface area (Å²) in [4.78, 5) is 16.8. The second-order valence-corrected chi connectivity index (χ2v) is 9.15. The molecule has 0 bridgehead atoms. The summed E-state index contributed by atoms with van der Waals surface area (Å²) in [6.07, 6.45) is 4.11. The fourth-order valence-electron chi connectivity index (χ4n) is 4.35. The number of carbonyl (C=O) groups excluding carboxylic acids is 1. The van der Waals surface area contributed by atoms with E-state index in [2.05, 4.69) is 41.9 Å². The molecule has 1 atom stereocenters. The largest absolute Gasteiger partial charge is 0.383 e. The van der Waals surface area contributed by atoms with Gasteiger partial charge in [0.1, 0.15) is 0 Å². The fourth-order valence-corrected chi connectivity index (χ4v) is 4.35. The van der Waals surface area contributed by atoms with Gasteiger partial charge in [-0.3, -0.25) is 14.8 Å². The minimum atomic E-state index is 0.0729. The van der Waals surface area contributed by atoms with Gasteiger partial charge < -0.3 is 9.64 Å². The molecule has 146 valence electrons. The second-order valence-electron chi connectivity index (χ2n) is 9.15. The molecule has 6 nitrogen and oxygen atoms in total. The van der Waals surface area contributed by atoms with Gasteiger partial charge in [-0.15, -0.1) is 0 Å². The van der Waals surface area contributed by atoms with Crippen LogP contribution in [0.2, 0.25) is 0 Å². The van der Waals surface area contributed by atoms with E-state index in [1.807, 2.05) is 4.90 Å². The van der Waals surface area contributed by atoms with Crippen LogP contribution < -0.4 is 0 Å². The Morgan fingerprint density at radius 3 is 2.81 bits per heavy atom. The Morgan fingerprint density at radius 2 is 2.12 bits per heavy atom. The molecule has 1 amide bonds. The lowest BCUT2D eigenvalue weighted by molar-refractivity contribution is -0.140. The Bertz CT molecular complexity index is 622. The first-order valence-electron chi connectivity index (χ1n) is 9.85. The van der Waals surface area contributed by atoms with Gasteiger partial charge in [0.2, 0.25) is 5.91 Å². The first-order chi connectivity index (χ1) is 12.3. The van der Waals surface area contributed by atoms with E-state index in [4.69, 9.17) is 4.74 Å². The topological polar surface area (TPSA) is 61.5 Å². The smallest absolute Gasteiger partial charge is 0.222 e. The minimum Gasteiger partial charge on any atom is -0.383 e. The first kappa shape index (κ1) is 19.4. The number of aromatic nitrogens is 2. The Hall–Kier alpha value is -1.40. The summed E-state index contributed by atoms with van der Waals surface area (Å²) in [5.74, 6) is 0.285. The molecular formula is C20H34N4O2. The highest BCUT2D eigenvalue weighted by Gasteiger charge is 2.41. The monoisotopic (exact) mass is 362 g/mol. The van der Waals surface area contributed by atoms with Gasteiger partial charge in [-0.05, 0) is 31.9 Å². The maximum absolute atomic E-state index is 12.2. The number of ether oxygens (including phenoxy) is 1. The van der Waals surface area contributed by atoms with E-state index >= 15 is 0 Å². The van der Waals surface area contributed by atoms with E-state index in [0.29, 0.717) is 19.6 Å². The van der Waals surface area contributed by atoms with Crippen molar-refractivity contribution in [3.63, 3.8) is 0 Å². The summed E-state index contributed by atoms with van der Waals surface area (Å²) in [7, 11) is 1.70. The Labute approximate surface area is 157 Å². The molecule has 0 radical (unpaired) electrons. The summed E-state index contributed by atoms with van der Waals surface area (Å²) in [6.45, 7) is 11.9. The van der Waals surface area contributed by atoms with Gasteiger partial charge in [-0.25, -0.2) is 0 Å². The minimum absolute atomic E-state index is 0.0729. The maximum atomic E-state index is 12.2. The van der Waals surface area contributed by atoms with Crippen molar-refractivity contribution in [2.24, 2.45) is 5.41 Å². The molecule has 1 spiro atoms. The number of aromatic amines is 1. The number of methoxy groups -OCH3 is 1. The van der Waals surface area contributed by atoms with Crippen LogP contribution in [0.3, 0.4) is 0 Å². The van der Waals surface area contributed by atoms with Crippen LogP contribution in [0.25, 0.3) is 0 Å². The molecule has 1 N–H and O–H groups in total. The third kappa shape index (κ3) is 4.46. The third-order valence-corrected chi connectivity index (χ3v) is 5.85. The normalized spacial score (nSPS) is 25.2. The summed E-state index contributed by atoms with van der Waals surface area (Å²) in [6, 6.07) is 2.20. The van der Waals surface area contributed by atoms with Crippen molar-refractivity contribution in [2.75, 3.05) is 39.9 Å². The zero-order valence-electron chi connectivity index (χ0n) is 16.8. The van der Waals surface area contributed by atoms with E-state index in [1.165, 1.54) is 18.5 Å². The van der Waals surface area contributed by atoms with Crippen molar-refractivity contribution in [2.45, 2.75) is 58.4 Å². The SMILES string of the molecule is COCCN1C[C@]2(CCCN(Cc3cc(C(C)(C)C)n[nH]3)C2)CCC1=O. The molecular weight excluding hydrogens is 328 g/mol. The van der Waals surface area contributed by atoms with Crippen molar-refractivity contribution < 1.29 is 9.53 Å². The van der Waals surface area contributed by atoms with Crippen molar-refractivity contribution in [3.8, 4) is 0 Å². The van der Waals surface area contributed by atoms with Gasteiger partial charge in [0, 0.05) is 56.2 Å². The van der Waals surface area contributed by atoms with Crippen molar-refractivity contribution in [3.05, 3.63) is 17.5 Å². The van der Waals surface area contributed by atoms with Crippen molar-refractivity contribution >= 4 is 5.91 Å². The molecule has 0 aliphatic carbocycles. The van der Waals surface area contributed by atoms with Crippen LogP contribution in [0, 0.1) is 5.41 Å². The van der Waals surface area contributed by atoms with Crippen LogP contribution in [0.5, 0.6) is 0 Å². The summed E-state index contributed by atoms with van der Waals surface area (Å²) < 4.78 is 5.18. The first-order valence-corrected chi connectivity index (χ1v) is 9.85. The molecule has 2 fully saturated rings. The Kier molecular flexibility index (Phi) is 5.72. The molecule has 0 saturated carbocycles. The number of hydrogen-bond acceptors (Lipinski definition) is 4. The number of likely N-dealkylation sites (tertiary alicyclic amines) is 2. The summed E-state index contributed by atoms with van der Waals surface area (Å²) >= 11 is 0.